The Morgan fingerprint density at radius 3 is 2.47 bits per heavy atom. The molecule has 4 heteroatoms. The second kappa shape index (κ2) is 6.59. The molecule has 2 heterocycles. The summed E-state index contributed by atoms with van der Waals surface area (Å²) in [6, 6.07) is 8.49. The van der Waals surface area contributed by atoms with Crippen LogP contribution in [0.4, 0.5) is 0 Å². The van der Waals surface area contributed by atoms with Crippen LogP contribution in [0.15, 0.2) is 45.6 Å². The molecule has 0 aliphatic carbocycles. The average molecular weight is 262 g/mol. The van der Waals surface area contributed by atoms with Crippen molar-refractivity contribution >= 4 is 0 Å². The van der Waals surface area contributed by atoms with Gasteiger partial charge >= 0.3 is 0 Å². The summed E-state index contributed by atoms with van der Waals surface area (Å²) < 4.78 is 10.9. The summed E-state index contributed by atoms with van der Waals surface area (Å²) in [5.41, 5.74) is 0. The molecule has 2 aromatic heterocycles. The molecule has 0 aliphatic heterocycles. The maximum atomic E-state index is 5.49. The Morgan fingerprint density at radius 1 is 1.16 bits per heavy atom. The van der Waals surface area contributed by atoms with Crippen LogP contribution < -0.4 is 5.32 Å². The zero-order valence-corrected chi connectivity index (χ0v) is 11.8. The Hall–Kier alpha value is -1.52. The van der Waals surface area contributed by atoms with Crippen LogP contribution in [0.1, 0.15) is 24.5 Å². The van der Waals surface area contributed by atoms with Crippen molar-refractivity contribution in [2.75, 3.05) is 20.6 Å². The molecule has 0 saturated heterocycles. The maximum absolute atomic E-state index is 5.49. The number of nitrogens with zero attached hydrogens (tertiary/aromatic N) is 1. The second-order valence-electron chi connectivity index (χ2n) is 5.09. The fraction of sp³-hybridized carbons (Fsp3) is 0.467. The van der Waals surface area contributed by atoms with Crippen molar-refractivity contribution in [1.29, 1.82) is 0 Å². The van der Waals surface area contributed by atoms with E-state index in [1.165, 1.54) is 0 Å². The Kier molecular flexibility index (Phi) is 4.82. The van der Waals surface area contributed by atoms with Crippen LogP contribution in [0.2, 0.25) is 0 Å². The van der Waals surface area contributed by atoms with Gasteiger partial charge in [0.2, 0.25) is 0 Å². The van der Waals surface area contributed by atoms with Gasteiger partial charge in [-0.05, 0) is 45.3 Å². The molecule has 0 spiro atoms. The van der Waals surface area contributed by atoms with E-state index in [-0.39, 0.29) is 6.04 Å². The van der Waals surface area contributed by atoms with Gasteiger partial charge in [0.15, 0.2) is 0 Å². The van der Waals surface area contributed by atoms with E-state index in [9.17, 15) is 0 Å². The molecule has 104 valence electrons. The molecule has 0 aliphatic rings. The third-order valence-electron chi connectivity index (χ3n) is 3.24. The molecule has 2 atom stereocenters. The summed E-state index contributed by atoms with van der Waals surface area (Å²) in [7, 11) is 4.12. The van der Waals surface area contributed by atoms with Gasteiger partial charge in [-0.2, -0.15) is 0 Å². The van der Waals surface area contributed by atoms with Crippen LogP contribution in [-0.4, -0.2) is 31.6 Å². The molecule has 0 radical (unpaired) electrons. The highest BCUT2D eigenvalue weighted by Crippen LogP contribution is 2.18. The number of rotatable bonds is 7. The highest BCUT2D eigenvalue weighted by atomic mass is 16.3. The SMILES string of the molecule is CC(Cc1ccco1)NCC(c1ccco1)N(C)C. The molecule has 2 unspecified atom stereocenters. The average Bonchev–Trinajstić information content (AvgIpc) is 3.01. The van der Waals surface area contributed by atoms with Gasteiger partial charge in [0.1, 0.15) is 11.5 Å². The number of hydrogen-bond donors (Lipinski definition) is 1. The molecule has 19 heavy (non-hydrogen) atoms. The summed E-state index contributed by atoms with van der Waals surface area (Å²) >= 11 is 0. The van der Waals surface area contributed by atoms with Gasteiger partial charge in [-0.15, -0.1) is 0 Å². The molecular formula is C15H22N2O2. The van der Waals surface area contributed by atoms with Crippen LogP contribution in [0.25, 0.3) is 0 Å². The van der Waals surface area contributed by atoms with E-state index < -0.39 is 0 Å². The number of likely N-dealkylation sites (N-methyl/N-ethyl adjacent to an activating group) is 1. The van der Waals surface area contributed by atoms with Crippen molar-refractivity contribution in [3.63, 3.8) is 0 Å². The monoisotopic (exact) mass is 262 g/mol. The first-order chi connectivity index (χ1) is 9.16. The summed E-state index contributed by atoms with van der Waals surface area (Å²) in [4.78, 5) is 2.16. The van der Waals surface area contributed by atoms with E-state index in [0.29, 0.717) is 6.04 Å². The first-order valence-electron chi connectivity index (χ1n) is 6.62. The lowest BCUT2D eigenvalue weighted by molar-refractivity contribution is 0.244. The largest absolute Gasteiger partial charge is 0.469 e. The highest BCUT2D eigenvalue weighted by molar-refractivity contribution is 5.05. The molecule has 0 saturated carbocycles. The zero-order chi connectivity index (χ0) is 13.7. The van der Waals surface area contributed by atoms with Crippen LogP contribution in [0, 0.1) is 0 Å². The Balaban J connectivity index is 1.85. The Morgan fingerprint density at radius 2 is 1.89 bits per heavy atom. The molecule has 0 fully saturated rings. The van der Waals surface area contributed by atoms with Crippen molar-refractivity contribution in [3.05, 3.63) is 48.3 Å². The van der Waals surface area contributed by atoms with E-state index in [1.54, 1.807) is 12.5 Å². The Labute approximate surface area is 114 Å². The van der Waals surface area contributed by atoms with E-state index >= 15 is 0 Å². The molecule has 0 aromatic carbocycles. The quantitative estimate of drug-likeness (QED) is 0.833. The van der Waals surface area contributed by atoms with E-state index in [0.717, 1.165) is 24.5 Å². The number of nitrogens with one attached hydrogen (secondary N) is 1. The van der Waals surface area contributed by atoms with Gasteiger partial charge in [0.25, 0.3) is 0 Å². The van der Waals surface area contributed by atoms with Gasteiger partial charge < -0.3 is 14.2 Å². The van der Waals surface area contributed by atoms with E-state index in [2.05, 4.69) is 31.2 Å². The lowest BCUT2D eigenvalue weighted by atomic mass is 10.1. The smallest absolute Gasteiger partial charge is 0.122 e. The first kappa shape index (κ1) is 13.9. The van der Waals surface area contributed by atoms with Crippen molar-refractivity contribution in [3.8, 4) is 0 Å². The van der Waals surface area contributed by atoms with Crippen LogP contribution >= 0.6 is 0 Å². The topological polar surface area (TPSA) is 41.6 Å². The minimum Gasteiger partial charge on any atom is -0.469 e. The predicted octanol–water partition coefficient (Wildman–Crippen LogP) is 2.70. The molecule has 0 amide bonds. The molecule has 4 nitrogen and oxygen atoms in total. The van der Waals surface area contributed by atoms with Gasteiger partial charge in [0, 0.05) is 19.0 Å². The molecule has 2 aromatic rings. The number of furan rings is 2. The minimum atomic E-state index is 0.244. The Bertz CT molecular complexity index is 448. The third-order valence-corrected chi connectivity index (χ3v) is 3.24. The summed E-state index contributed by atoms with van der Waals surface area (Å²) in [5.74, 6) is 2.00. The summed E-state index contributed by atoms with van der Waals surface area (Å²) in [6.07, 6.45) is 4.33. The highest BCUT2D eigenvalue weighted by Gasteiger charge is 2.17. The van der Waals surface area contributed by atoms with Gasteiger partial charge in [-0.3, -0.25) is 4.90 Å². The van der Waals surface area contributed by atoms with Crippen molar-refractivity contribution < 1.29 is 8.83 Å². The van der Waals surface area contributed by atoms with Gasteiger partial charge in [-0.25, -0.2) is 0 Å². The van der Waals surface area contributed by atoms with E-state index in [1.807, 2.05) is 24.3 Å². The van der Waals surface area contributed by atoms with Crippen LogP contribution in [0.5, 0.6) is 0 Å². The fourth-order valence-corrected chi connectivity index (χ4v) is 2.13. The van der Waals surface area contributed by atoms with Crippen molar-refractivity contribution in [1.82, 2.24) is 10.2 Å². The fourth-order valence-electron chi connectivity index (χ4n) is 2.13. The lowest BCUT2D eigenvalue weighted by Gasteiger charge is -2.24. The third kappa shape index (κ3) is 3.98. The van der Waals surface area contributed by atoms with Crippen molar-refractivity contribution in [2.24, 2.45) is 0 Å². The van der Waals surface area contributed by atoms with Crippen molar-refractivity contribution in [2.45, 2.75) is 25.4 Å². The molecule has 0 bridgehead atoms. The van der Waals surface area contributed by atoms with Gasteiger partial charge in [-0.1, -0.05) is 0 Å². The molecular weight excluding hydrogens is 240 g/mol. The normalized spacial score (nSPS) is 14.7. The molecule has 1 N–H and O–H groups in total. The van der Waals surface area contributed by atoms with Gasteiger partial charge in [0.05, 0.1) is 18.6 Å². The predicted molar refractivity (Wildman–Crippen MR) is 75.0 cm³/mol. The van der Waals surface area contributed by atoms with Crippen LogP contribution in [0.3, 0.4) is 0 Å². The van der Waals surface area contributed by atoms with Crippen LogP contribution in [-0.2, 0) is 6.42 Å². The minimum absolute atomic E-state index is 0.244. The zero-order valence-electron chi connectivity index (χ0n) is 11.8. The first-order valence-corrected chi connectivity index (χ1v) is 6.62. The second-order valence-corrected chi connectivity index (χ2v) is 5.09. The lowest BCUT2D eigenvalue weighted by Crippen LogP contribution is -2.36. The maximum Gasteiger partial charge on any atom is 0.122 e. The summed E-state index contributed by atoms with van der Waals surface area (Å²) in [6.45, 7) is 3.01. The van der Waals surface area contributed by atoms with E-state index in [4.69, 9.17) is 8.83 Å². The number of hydrogen-bond acceptors (Lipinski definition) is 4. The summed E-state index contributed by atoms with van der Waals surface area (Å²) in [5, 5.41) is 3.53. The molecule has 2 rings (SSSR count). The standard InChI is InChI=1S/C15H22N2O2/c1-12(10-13-6-4-8-18-13)16-11-14(17(2)3)15-7-5-9-19-15/h4-9,12,14,16H,10-11H2,1-3H3.